The number of methoxy groups -OCH3 is 1. The van der Waals surface area contributed by atoms with Gasteiger partial charge in [-0.3, -0.25) is 0 Å². The Bertz CT molecular complexity index is 207. The zero-order chi connectivity index (χ0) is 10.6. The summed E-state index contributed by atoms with van der Waals surface area (Å²) in [6.07, 6.45) is 7.61. The molecular weight excluding hydrogens is 172 g/mol. The molecule has 0 radical (unpaired) electrons. The van der Waals surface area contributed by atoms with E-state index >= 15 is 0 Å². The second-order valence-electron chi connectivity index (χ2n) is 4.85. The molecule has 1 heteroatoms. The fraction of sp³-hybridized carbons (Fsp3) is 0.846. The predicted octanol–water partition coefficient (Wildman–Crippen LogP) is 3.80. The molecule has 0 fully saturated rings. The number of hydrogen-bond acceptors (Lipinski definition) is 1. The van der Waals surface area contributed by atoms with Crippen molar-refractivity contribution in [3.63, 3.8) is 0 Å². The summed E-state index contributed by atoms with van der Waals surface area (Å²) in [6, 6.07) is 0. The van der Waals surface area contributed by atoms with Crippen LogP contribution in [-0.2, 0) is 4.74 Å². The van der Waals surface area contributed by atoms with Crippen molar-refractivity contribution in [3.05, 3.63) is 11.6 Å². The van der Waals surface area contributed by atoms with Gasteiger partial charge in [0.05, 0.1) is 6.61 Å². The van der Waals surface area contributed by atoms with E-state index in [0.29, 0.717) is 5.41 Å². The second-order valence-corrected chi connectivity index (χ2v) is 4.85. The fourth-order valence-electron chi connectivity index (χ4n) is 2.70. The molecule has 0 saturated heterocycles. The number of ether oxygens (including phenoxy) is 1. The number of rotatable bonds is 5. The van der Waals surface area contributed by atoms with Gasteiger partial charge in [0.15, 0.2) is 0 Å². The highest BCUT2D eigenvalue weighted by Crippen LogP contribution is 2.44. The lowest BCUT2D eigenvalue weighted by atomic mass is 9.74. The second kappa shape index (κ2) is 4.97. The first-order valence-corrected chi connectivity index (χ1v) is 5.82. The normalized spacial score (nSPS) is 29.0. The summed E-state index contributed by atoms with van der Waals surface area (Å²) in [5.41, 5.74) is 1.89. The molecule has 0 aliphatic heterocycles. The molecule has 1 nitrogen and oxygen atoms in total. The van der Waals surface area contributed by atoms with E-state index in [-0.39, 0.29) is 0 Å². The maximum absolute atomic E-state index is 5.40. The van der Waals surface area contributed by atoms with Crippen molar-refractivity contribution in [2.24, 2.45) is 11.3 Å². The molecule has 0 saturated carbocycles. The Morgan fingerprint density at radius 1 is 1.57 bits per heavy atom. The molecule has 0 aromatic rings. The predicted molar refractivity (Wildman–Crippen MR) is 61.4 cm³/mol. The van der Waals surface area contributed by atoms with Gasteiger partial charge in [-0.1, -0.05) is 38.3 Å². The summed E-state index contributed by atoms with van der Waals surface area (Å²) in [6.45, 7) is 7.78. The highest BCUT2D eigenvalue weighted by atomic mass is 16.5. The SMILES string of the molecule is CCC[C@@H](C)[C@]1(COC)C=C(C)CC1. The van der Waals surface area contributed by atoms with Gasteiger partial charge in [-0.05, 0) is 25.7 Å². The fourth-order valence-corrected chi connectivity index (χ4v) is 2.70. The lowest BCUT2D eigenvalue weighted by Crippen LogP contribution is -2.29. The third kappa shape index (κ3) is 2.38. The van der Waals surface area contributed by atoms with Gasteiger partial charge in [-0.15, -0.1) is 0 Å². The molecule has 1 rings (SSSR count). The van der Waals surface area contributed by atoms with Gasteiger partial charge in [0.2, 0.25) is 0 Å². The molecule has 2 atom stereocenters. The van der Waals surface area contributed by atoms with E-state index in [9.17, 15) is 0 Å². The minimum Gasteiger partial charge on any atom is -0.384 e. The molecule has 0 N–H and O–H groups in total. The van der Waals surface area contributed by atoms with Crippen LogP contribution in [0.2, 0.25) is 0 Å². The van der Waals surface area contributed by atoms with Crippen LogP contribution in [-0.4, -0.2) is 13.7 Å². The Hall–Kier alpha value is -0.300. The molecule has 0 bridgehead atoms. The zero-order valence-electron chi connectivity index (χ0n) is 10.1. The molecule has 0 spiro atoms. The topological polar surface area (TPSA) is 9.23 Å². The van der Waals surface area contributed by atoms with E-state index in [1.54, 1.807) is 5.57 Å². The van der Waals surface area contributed by atoms with Crippen molar-refractivity contribution in [2.75, 3.05) is 13.7 Å². The van der Waals surface area contributed by atoms with Crippen LogP contribution >= 0.6 is 0 Å². The summed E-state index contributed by atoms with van der Waals surface area (Å²) in [4.78, 5) is 0. The van der Waals surface area contributed by atoms with Gasteiger partial charge >= 0.3 is 0 Å². The maximum Gasteiger partial charge on any atom is 0.0555 e. The van der Waals surface area contributed by atoms with Crippen molar-refractivity contribution in [3.8, 4) is 0 Å². The van der Waals surface area contributed by atoms with Gasteiger partial charge in [0.25, 0.3) is 0 Å². The van der Waals surface area contributed by atoms with Crippen LogP contribution in [0.1, 0.15) is 46.5 Å². The third-order valence-electron chi connectivity index (χ3n) is 3.63. The third-order valence-corrected chi connectivity index (χ3v) is 3.63. The zero-order valence-corrected chi connectivity index (χ0v) is 10.1. The van der Waals surface area contributed by atoms with Gasteiger partial charge in [0, 0.05) is 12.5 Å². The first-order valence-electron chi connectivity index (χ1n) is 5.82. The molecule has 82 valence electrons. The summed E-state index contributed by atoms with van der Waals surface area (Å²) < 4.78 is 5.40. The number of hydrogen-bond donors (Lipinski definition) is 0. The Morgan fingerprint density at radius 3 is 2.71 bits per heavy atom. The van der Waals surface area contributed by atoms with Gasteiger partial charge in [-0.2, -0.15) is 0 Å². The Labute approximate surface area is 88.5 Å². The molecule has 0 aromatic heterocycles. The summed E-state index contributed by atoms with van der Waals surface area (Å²) in [5.74, 6) is 0.755. The largest absolute Gasteiger partial charge is 0.384 e. The molecule has 14 heavy (non-hydrogen) atoms. The van der Waals surface area contributed by atoms with Crippen LogP contribution < -0.4 is 0 Å². The van der Waals surface area contributed by atoms with Crippen LogP contribution in [0.5, 0.6) is 0 Å². The van der Waals surface area contributed by atoms with Crippen molar-refractivity contribution in [1.29, 1.82) is 0 Å². The lowest BCUT2D eigenvalue weighted by Gasteiger charge is -2.33. The monoisotopic (exact) mass is 196 g/mol. The Morgan fingerprint density at radius 2 is 2.29 bits per heavy atom. The van der Waals surface area contributed by atoms with Gasteiger partial charge in [-0.25, -0.2) is 0 Å². The van der Waals surface area contributed by atoms with E-state index < -0.39 is 0 Å². The first-order chi connectivity index (χ1) is 6.64. The highest BCUT2D eigenvalue weighted by Gasteiger charge is 2.36. The smallest absolute Gasteiger partial charge is 0.0555 e. The van der Waals surface area contributed by atoms with E-state index in [0.717, 1.165) is 12.5 Å². The standard InChI is InChI=1S/C13H24O/c1-5-6-12(3)13(10-14-4)8-7-11(2)9-13/h9,12H,5-8,10H2,1-4H3/t12-,13+/m1/s1. The summed E-state index contributed by atoms with van der Waals surface area (Å²) >= 11 is 0. The first kappa shape index (κ1) is 11.8. The van der Waals surface area contributed by atoms with Gasteiger partial charge < -0.3 is 4.74 Å². The van der Waals surface area contributed by atoms with E-state index in [1.807, 2.05) is 7.11 Å². The molecule has 0 unspecified atom stereocenters. The summed E-state index contributed by atoms with van der Waals surface area (Å²) in [7, 11) is 1.82. The Kier molecular flexibility index (Phi) is 4.18. The Balaban J connectivity index is 2.72. The van der Waals surface area contributed by atoms with E-state index in [4.69, 9.17) is 4.74 Å². The van der Waals surface area contributed by atoms with Gasteiger partial charge in [0.1, 0.15) is 0 Å². The highest BCUT2D eigenvalue weighted by molar-refractivity contribution is 5.16. The van der Waals surface area contributed by atoms with Crippen LogP contribution in [0.3, 0.4) is 0 Å². The molecule has 0 amide bonds. The minimum absolute atomic E-state index is 0.342. The molecule has 1 aliphatic carbocycles. The van der Waals surface area contributed by atoms with Crippen molar-refractivity contribution < 1.29 is 4.74 Å². The minimum atomic E-state index is 0.342. The summed E-state index contributed by atoms with van der Waals surface area (Å²) in [5, 5.41) is 0. The van der Waals surface area contributed by atoms with E-state index in [1.165, 1.54) is 25.7 Å². The maximum atomic E-state index is 5.40. The lowest BCUT2D eigenvalue weighted by molar-refractivity contribution is 0.0697. The molecule has 0 heterocycles. The quantitative estimate of drug-likeness (QED) is 0.608. The van der Waals surface area contributed by atoms with Crippen molar-refractivity contribution in [2.45, 2.75) is 46.5 Å². The van der Waals surface area contributed by atoms with Crippen molar-refractivity contribution in [1.82, 2.24) is 0 Å². The molecule has 0 aromatic carbocycles. The number of allylic oxidation sites excluding steroid dienone is 1. The van der Waals surface area contributed by atoms with Crippen molar-refractivity contribution >= 4 is 0 Å². The average molecular weight is 196 g/mol. The molecular formula is C13H24O. The average Bonchev–Trinajstić information content (AvgIpc) is 2.50. The van der Waals surface area contributed by atoms with Crippen LogP contribution in [0.25, 0.3) is 0 Å². The van der Waals surface area contributed by atoms with E-state index in [2.05, 4.69) is 26.8 Å². The molecule has 1 aliphatic rings. The van der Waals surface area contributed by atoms with Crippen LogP contribution in [0.4, 0.5) is 0 Å². The van der Waals surface area contributed by atoms with Crippen LogP contribution in [0, 0.1) is 11.3 Å². The van der Waals surface area contributed by atoms with Crippen LogP contribution in [0.15, 0.2) is 11.6 Å².